The van der Waals surface area contributed by atoms with Gasteiger partial charge in [-0.2, -0.15) is 0 Å². The van der Waals surface area contributed by atoms with Gasteiger partial charge in [0.2, 0.25) is 11.8 Å². The van der Waals surface area contributed by atoms with Gasteiger partial charge >= 0.3 is 6.03 Å². The number of hydrogen-bond donors (Lipinski definition) is 3. The van der Waals surface area contributed by atoms with Crippen molar-refractivity contribution in [2.45, 2.75) is 38.6 Å². The molecule has 2 aromatic carbocycles. The van der Waals surface area contributed by atoms with Crippen LogP contribution in [0.2, 0.25) is 0 Å². The second kappa shape index (κ2) is 13.6. The number of piperazine rings is 1. The second-order valence-electron chi connectivity index (χ2n) is 11.1. The van der Waals surface area contributed by atoms with E-state index in [1.54, 1.807) is 46.3 Å². The standard InChI is InChI=1S/C33H37N7O5/c1-4-15-38-21-30(42)39-28(17-23-11-13-26(41)14-12-23)32(44)37(19-25-9-6-10-27(36-25)31(43)34-3)20-29(39)40(38)33(45)35-18-24-8-5-7-22(2)16-24/h4-14,16,28-29,41H,1,15,17-21H2,2-3H3,(H,34,43)(H,35,45). The van der Waals surface area contributed by atoms with Crippen LogP contribution in [-0.2, 0) is 29.1 Å². The molecule has 5 rings (SSSR count). The van der Waals surface area contributed by atoms with Crippen LogP contribution in [0.1, 0.15) is 32.9 Å². The molecule has 234 valence electrons. The van der Waals surface area contributed by atoms with Crippen molar-refractivity contribution < 1.29 is 24.3 Å². The third kappa shape index (κ3) is 6.96. The summed E-state index contributed by atoms with van der Waals surface area (Å²) in [7, 11) is 1.51. The van der Waals surface area contributed by atoms with E-state index in [1.165, 1.54) is 29.1 Å². The molecule has 2 saturated heterocycles. The van der Waals surface area contributed by atoms with Crippen molar-refractivity contribution in [3.05, 3.63) is 107 Å². The fourth-order valence-corrected chi connectivity index (χ4v) is 5.80. The number of nitrogens with zero attached hydrogens (tertiary/aromatic N) is 5. The van der Waals surface area contributed by atoms with Gasteiger partial charge in [-0.3, -0.25) is 14.4 Å². The van der Waals surface area contributed by atoms with Crippen LogP contribution < -0.4 is 10.6 Å². The van der Waals surface area contributed by atoms with Crippen LogP contribution in [0.4, 0.5) is 4.79 Å². The highest BCUT2D eigenvalue weighted by Gasteiger charge is 2.51. The van der Waals surface area contributed by atoms with Gasteiger partial charge in [-0.25, -0.2) is 19.8 Å². The maximum Gasteiger partial charge on any atom is 0.334 e. The van der Waals surface area contributed by atoms with Crippen molar-refractivity contribution in [3.63, 3.8) is 0 Å². The van der Waals surface area contributed by atoms with Crippen LogP contribution in [0.5, 0.6) is 5.75 Å². The predicted octanol–water partition coefficient (Wildman–Crippen LogP) is 2.19. The normalized spacial score (nSPS) is 18.4. The second-order valence-corrected chi connectivity index (χ2v) is 11.1. The van der Waals surface area contributed by atoms with Crippen molar-refractivity contribution in [1.82, 2.24) is 35.4 Å². The summed E-state index contributed by atoms with van der Waals surface area (Å²) in [6.07, 6.45) is 0.965. The highest BCUT2D eigenvalue weighted by Crippen LogP contribution is 2.29. The number of pyridine rings is 1. The highest BCUT2D eigenvalue weighted by molar-refractivity contribution is 5.92. The zero-order chi connectivity index (χ0) is 32.1. The molecular weight excluding hydrogens is 574 g/mol. The van der Waals surface area contributed by atoms with Crippen molar-refractivity contribution in [2.75, 3.05) is 26.7 Å². The fraction of sp³-hybridized carbons (Fsp3) is 0.303. The molecule has 5 amide bonds. The average molecular weight is 612 g/mol. The average Bonchev–Trinajstić information content (AvgIpc) is 3.03. The topological polar surface area (TPSA) is 138 Å². The molecule has 2 fully saturated rings. The molecule has 2 aliphatic heterocycles. The van der Waals surface area contributed by atoms with Crippen molar-refractivity contribution in [2.24, 2.45) is 0 Å². The first kappa shape index (κ1) is 31.2. The first-order chi connectivity index (χ1) is 21.7. The van der Waals surface area contributed by atoms with E-state index in [9.17, 15) is 24.3 Å². The Labute approximate surface area is 261 Å². The van der Waals surface area contributed by atoms with E-state index in [0.717, 1.165) is 16.7 Å². The summed E-state index contributed by atoms with van der Waals surface area (Å²) in [6, 6.07) is 17.9. The van der Waals surface area contributed by atoms with E-state index in [0.29, 0.717) is 5.69 Å². The lowest BCUT2D eigenvalue weighted by Crippen LogP contribution is -2.76. The molecule has 2 atom stereocenters. The molecular formula is C33H37N7O5. The van der Waals surface area contributed by atoms with Crippen LogP contribution in [0.3, 0.4) is 0 Å². The van der Waals surface area contributed by atoms with E-state index >= 15 is 0 Å². The summed E-state index contributed by atoms with van der Waals surface area (Å²) < 4.78 is 0. The Morgan fingerprint density at radius 3 is 2.53 bits per heavy atom. The zero-order valence-electron chi connectivity index (χ0n) is 25.3. The van der Waals surface area contributed by atoms with Gasteiger partial charge in [-0.15, -0.1) is 6.58 Å². The van der Waals surface area contributed by atoms with E-state index < -0.39 is 18.2 Å². The Hall–Kier alpha value is -5.23. The number of carbonyl (C=O) groups excluding carboxylic acids is 4. The number of hydrogen-bond acceptors (Lipinski definition) is 7. The van der Waals surface area contributed by atoms with Crippen molar-refractivity contribution >= 4 is 23.8 Å². The summed E-state index contributed by atoms with van der Waals surface area (Å²) in [5.74, 6) is -0.869. The highest BCUT2D eigenvalue weighted by atomic mass is 16.3. The minimum Gasteiger partial charge on any atom is -0.508 e. The number of hydrazine groups is 1. The van der Waals surface area contributed by atoms with Gasteiger partial charge in [0, 0.05) is 26.6 Å². The molecule has 2 aliphatic rings. The number of aromatic hydroxyl groups is 1. The van der Waals surface area contributed by atoms with Crippen LogP contribution in [-0.4, -0.2) is 92.6 Å². The molecule has 0 spiro atoms. The first-order valence-electron chi connectivity index (χ1n) is 14.7. The SMILES string of the molecule is C=CCN1CC(=O)N2C(Cc3ccc(O)cc3)C(=O)N(Cc3cccc(C(=O)NC)n3)CC2N1C(=O)NCc1cccc(C)c1. The number of rotatable bonds is 9. The maximum atomic E-state index is 14.1. The Bertz CT molecular complexity index is 1590. The molecule has 12 nitrogen and oxygen atoms in total. The number of urea groups is 1. The molecule has 45 heavy (non-hydrogen) atoms. The molecule has 3 N–H and O–H groups in total. The quantitative estimate of drug-likeness (QED) is 0.316. The maximum absolute atomic E-state index is 14.1. The number of benzene rings is 2. The van der Waals surface area contributed by atoms with Gasteiger partial charge < -0.3 is 25.5 Å². The predicted molar refractivity (Wildman–Crippen MR) is 166 cm³/mol. The van der Waals surface area contributed by atoms with Gasteiger partial charge in [0.15, 0.2) is 0 Å². The molecule has 0 aliphatic carbocycles. The third-order valence-corrected chi connectivity index (χ3v) is 7.89. The number of amides is 5. The zero-order valence-corrected chi connectivity index (χ0v) is 25.3. The molecule has 1 aromatic heterocycles. The minimum absolute atomic E-state index is 0.0219. The number of fused-ring (bicyclic) bond motifs is 1. The number of carbonyl (C=O) groups is 4. The van der Waals surface area contributed by atoms with Crippen molar-refractivity contribution in [1.29, 1.82) is 0 Å². The lowest BCUT2D eigenvalue weighted by Gasteiger charge is -2.55. The summed E-state index contributed by atoms with van der Waals surface area (Å²) in [5.41, 5.74) is 3.43. The van der Waals surface area contributed by atoms with Crippen LogP contribution in [0.15, 0.2) is 79.4 Å². The van der Waals surface area contributed by atoms with E-state index in [1.807, 2.05) is 31.2 Å². The molecule has 0 saturated carbocycles. The Morgan fingerprint density at radius 2 is 1.82 bits per heavy atom. The molecule has 3 aromatic rings. The summed E-state index contributed by atoms with van der Waals surface area (Å²) in [4.78, 5) is 61.6. The number of aryl methyl sites for hydroxylation is 1. The lowest BCUT2D eigenvalue weighted by molar-refractivity contribution is -0.189. The summed E-state index contributed by atoms with van der Waals surface area (Å²) >= 11 is 0. The third-order valence-electron chi connectivity index (χ3n) is 7.89. The summed E-state index contributed by atoms with van der Waals surface area (Å²) in [5, 5.41) is 18.5. The minimum atomic E-state index is -0.930. The number of phenols is 1. The van der Waals surface area contributed by atoms with E-state index in [4.69, 9.17) is 0 Å². The van der Waals surface area contributed by atoms with Gasteiger partial charge in [-0.1, -0.05) is 54.1 Å². The summed E-state index contributed by atoms with van der Waals surface area (Å²) in [6.45, 7) is 6.28. The van der Waals surface area contributed by atoms with E-state index in [-0.39, 0.29) is 68.3 Å². The van der Waals surface area contributed by atoms with Gasteiger partial charge in [-0.05, 0) is 42.3 Å². The largest absolute Gasteiger partial charge is 0.508 e. The molecule has 0 radical (unpaired) electrons. The first-order valence-corrected chi connectivity index (χ1v) is 14.7. The van der Waals surface area contributed by atoms with Gasteiger partial charge in [0.1, 0.15) is 23.7 Å². The van der Waals surface area contributed by atoms with Crippen LogP contribution in [0.25, 0.3) is 0 Å². The molecule has 2 unspecified atom stereocenters. The lowest BCUT2D eigenvalue weighted by atomic mass is 9.98. The number of aromatic nitrogens is 1. The molecule has 3 heterocycles. The monoisotopic (exact) mass is 611 g/mol. The van der Waals surface area contributed by atoms with Crippen LogP contribution >= 0.6 is 0 Å². The number of nitrogens with one attached hydrogen (secondary N) is 2. The van der Waals surface area contributed by atoms with Gasteiger partial charge in [0.05, 0.1) is 25.3 Å². The van der Waals surface area contributed by atoms with Crippen molar-refractivity contribution in [3.8, 4) is 5.75 Å². The van der Waals surface area contributed by atoms with Gasteiger partial charge in [0.25, 0.3) is 5.91 Å². The fourth-order valence-electron chi connectivity index (χ4n) is 5.80. The molecule has 0 bridgehead atoms. The Kier molecular flexibility index (Phi) is 9.43. The Morgan fingerprint density at radius 1 is 1.07 bits per heavy atom. The number of phenolic OH excluding ortho intramolecular Hbond substituents is 1. The smallest absolute Gasteiger partial charge is 0.334 e. The van der Waals surface area contributed by atoms with E-state index in [2.05, 4.69) is 22.2 Å². The molecule has 12 heteroatoms. The van der Waals surface area contributed by atoms with Crippen LogP contribution in [0, 0.1) is 6.92 Å². The Balaban J connectivity index is 1.50.